The van der Waals surface area contributed by atoms with Gasteiger partial charge in [0, 0.05) is 29.7 Å². The highest BCUT2D eigenvalue weighted by molar-refractivity contribution is 7.10. The Morgan fingerprint density at radius 2 is 1.96 bits per heavy atom. The van der Waals surface area contributed by atoms with Crippen LogP contribution in [0.1, 0.15) is 52.9 Å². The number of benzene rings is 1. The Balaban J connectivity index is 1.52. The number of carbonyl (C=O) groups is 1. The summed E-state index contributed by atoms with van der Waals surface area (Å²) in [4.78, 5) is 16.5. The summed E-state index contributed by atoms with van der Waals surface area (Å²) in [5.41, 5.74) is 3.14. The molecule has 2 aliphatic rings. The van der Waals surface area contributed by atoms with Crippen LogP contribution in [0, 0.1) is 0 Å². The SMILES string of the molecule is O=C(c1ccccc1NC1CCCCC1)N1CCc2sccc2C1. The van der Waals surface area contributed by atoms with Gasteiger partial charge in [0.2, 0.25) is 0 Å². The molecule has 1 N–H and O–H groups in total. The Hall–Kier alpha value is -1.81. The van der Waals surface area contributed by atoms with Gasteiger partial charge < -0.3 is 10.2 Å². The molecule has 4 heteroatoms. The first-order valence-electron chi connectivity index (χ1n) is 9.01. The van der Waals surface area contributed by atoms with Crippen LogP contribution < -0.4 is 5.32 Å². The molecule has 0 bridgehead atoms. The fourth-order valence-electron chi connectivity index (χ4n) is 3.85. The number of nitrogens with zero attached hydrogens (tertiary/aromatic N) is 1. The van der Waals surface area contributed by atoms with Crippen molar-refractivity contribution in [1.29, 1.82) is 0 Å². The zero-order chi connectivity index (χ0) is 16.4. The van der Waals surface area contributed by atoms with Gasteiger partial charge in [-0.05, 0) is 48.4 Å². The minimum Gasteiger partial charge on any atom is -0.382 e. The summed E-state index contributed by atoms with van der Waals surface area (Å²) in [5, 5.41) is 5.77. The molecule has 0 spiro atoms. The quantitative estimate of drug-likeness (QED) is 0.879. The Morgan fingerprint density at radius 1 is 1.12 bits per heavy atom. The third-order valence-electron chi connectivity index (χ3n) is 5.22. The van der Waals surface area contributed by atoms with E-state index in [1.165, 1.54) is 42.5 Å². The molecular weight excluding hydrogens is 316 g/mol. The number of rotatable bonds is 3. The molecule has 1 saturated carbocycles. The van der Waals surface area contributed by atoms with Crippen molar-refractivity contribution in [3.8, 4) is 0 Å². The molecule has 0 atom stereocenters. The van der Waals surface area contributed by atoms with Crippen LogP contribution in [0.4, 0.5) is 5.69 Å². The van der Waals surface area contributed by atoms with Crippen molar-refractivity contribution < 1.29 is 4.79 Å². The first-order chi connectivity index (χ1) is 11.8. The molecule has 126 valence electrons. The molecule has 1 amide bonds. The highest BCUT2D eigenvalue weighted by Crippen LogP contribution is 2.28. The molecule has 1 aromatic heterocycles. The highest BCUT2D eigenvalue weighted by Gasteiger charge is 2.24. The molecule has 1 aliphatic heterocycles. The number of hydrogen-bond acceptors (Lipinski definition) is 3. The first kappa shape index (κ1) is 15.7. The van der Waals surface area contributed by atoms with Crippen LogP contribution in [0.15, 0.2) is 35.7 Å². The summed E-state index contributed by atoms with van der Waals surface area (Å²) in [6, 6.07) is 10.7. The zero-order valence-corrected chi connectivity index (χ0v) is 14.8. The molecule has 0 saturated heterocycles. The molecule has 0 radical (unpaired) electrons. The largest absolute Gasteiger partial charge is 0.382 e. The topological polar surface area (TPSA) is 32.3 Å². The zero-order valence-electron chi connectivity index (χ0n) is 14.0. The molecule has 24 heavy (non-hydrogen) atoms. The molecule has 2 heterocycles. The fraction of sp³-hybridized carbons (Fsp3) is 0.450. The van der Waals surface area contributed by atoms with E-state index in [4.69, 9.17) is 0 Å². The second kappa shape index (κ2) is 6.98. The fourth-order valence-corrected chi connectivity index (χ4v) is 4.74. The Morgan fingerprint density at radius 3 is 2.83 bits per heavy atom. The number of carbonyl (C=O) groups excluding carboxylic acids is 1. The third kappa shape index (κ3) is 3.20. The van der Waals surface area contributed by atoms with E-state index >= 15 is 0 Å². The first-order valence-corrected chi connectivity index (χ1v) is 9.89. The highest BCUT2D eigenvalue weighted by atomic mass is 32.1. The number of hydrogen-bond donors (Lipinski definition) is 1. The lowest BCUT2D eigenvalue weighted by atomic mass is 9.95. The minimum absolute atomic E-state index is 0.158. The van der Waals surface area contributed by atoms with Crippen LogP contribution in [0.3, 0.4) is 0 Å². The molecule has 3 nitrogen and oxygen atoms in total. The van der Waals surface area contributed by atoms with E-state index in [1.54, 1.807) is 0 Å². The van der Waals surface area contributed by atoms with Crippen LogP contribution >= 0.6 is 11.3 Å². The Labute approximate surface area is 147 Å². The molecule has 1 aromatic carbocycles. The van der Waals surface area contributed by atoms with E-state index in [0.29, 0.717) is 6.04 Å². The summed E-state index contributed by atoms with van der Waals surface area (Å²) >= 11 is 1.81. The van der Waals surface area contributed by atoms with Gasteiger partial charge in [0.15, 0.2) is 0 Å². The van der Waals surface area contributed by atoms with E-state index in [0.717, 1.165) is 30.8 Å². The van der Waals surface area contributed by atoms with Crippen LogP contribution in [0.25, 0.3) is 0 Å². The van der Waals surface area contributed by atoms with Crippen molar-refractivity contribution in [2.24, 2.45) is 0 Å². The smallest absolute Gasteiger partial charge is 0.256 e. The number of nitrogens with one attached hydrogen (secondary N) is 1. The van der Waals surface area contributed by atoms with E-state index in [9.17, 15) is 4.79 Å². The van der Waals surface area contributed by atoms with Crippen LogP contribution in [-0.2, 0) is 13.0 Å². The summed E-state index contributed by atoms with van der Waals surface area (Å²) in [6.45, 7) is 1.57. The van der Waals surface area contributed by atoms with Gasteiger partial charge in [-0.15, -0.1) is 11.3 Å². The molecule has 2 aromatic rings. The monoisotopic (exact) mass is 340 g/mol. The maximum absolute atomic E-state index is 13.1. The van der Waals surface area contributed by atoms with Crippen molar-refractivity contribution in [3.05, 3.63) is 51.7 Å². The normalized spacial score (nSPS) is 18.2. The van der Waals surface area contributed by atoms with Crippen molar-refractivity contribution in [1.82, 2.24) is 4.90 Å². The molecule has 1 aliphatic carbocycles. The van der Waals surface area contributed by atoms with Crippen LogP contribution in [-0.4, -0.2) is 23.4 Å². The standard InChI is InChI=1S/C20H24N2OS/c23-20(22-12-10-19-15(14-22)11-13-24-19)17-8-4-5-9-18(17)21-16-6-2-1-3-7-16/h4-5,8-9,11,13,16,21H,1-3,6-7,10,12,14H2. The second-order valence-electron chi connectivity index (χ2n) is 6.87. The number of para-hydroxylation sites is 1. The van der Waals surface area contributed by atoms with Gasteiger partial charge in [0.1, 0.15) is 0 Å². The van der Waals surface area contributed by atoms with Gasteiger partial charge in [-0.25, -0.2) is 0 Å². The summed E-state index contributed by atoms with van der Waals surface area (Å²) in [5.74, 6) is 0.158. The maximum atomic E-state index is 13.1. The number of thiophene rings is 1. The Bertz CT molecular complexity index is 718. The lowest BCUT2D eigenvalue weighted by molar-refractivity contribution is 0.0737. The van der Waals surface area contributed by atoms with E-state index in [-0.39, 0.29) is 5.91 Å². The Kier molecular flexibility index (Phi) is 4.56. The lowest BCUT2D eigenvalue weighted by Crippen LogP contribution is -2.36. The number of anilines is 1. The average molecular weight is 340 g/mol. The number of amides is 1. The lowest BCUT2D eigenvalue weighted by Gasteiger charge is -2.29. The van der Waals surface area contributed by atoms with Crippen LogP contribution in [0.5, 0.6) is 0 Å². The van der Waals surface area contributed by atoms with Gasteiger partial charge >= 0.3 is 0 Å². The molecule has 4 rings (SSSR count). The van der Waals surface area contributed by atoms with Gasteiger partial charge in [0.25, 0.3) is 5.91 Å². The van der Waals surface area contributed by atoms with Crippen molar-refractivity contribution in [2.75, 3.05) is 11.9 Å². The average Bonchev–Trinajstić information content (AvgIpc) is 3.10. The number of fused-ring (bicyclic) bond motifs is 1. The maximum Gasteiger partial charge on any atom is 0.256 e. The van der Waals surface area contributed by atoms with E-state index < -0.39 is 0 Å². The molecule has 1 fully saturated rings. The molecule has 0 unspecified atom stereocenters. The van der Waals surface area contributed by atoms with E-state index in [1.807, 2.05) is 34.4 Å². The summed E-state index contributed by atoms with van der Waals surface area (Å²) in [7, 11) is 0. The van der Waals surface area contributed by atoms with Crippen molar-refractivity contribution >= 4 is 22.9 Å². The molecular formula is C20H24N2OS. The summed E-state index contributed by atoms with van der Waals surface area (Å²) < 4.78 is 0. The predicted molar refractivity (Wildman–Crippen MR) is 99.7 cm³/mol. The summed E-state index contributed by atoms with van der Waals surface area (Å²) in [6.07, 6.45) is 7.34. The van der Waals surface area contributed by atoms with Gasteiger partial charge in [0.05, 0.1) is 5.56 Å². The minimum atomic E-state index is 0.158. The van der Waals surface area contributed by atoms with E-state index in [2.05, 4.69) is 22.8 Å². The van der Waals surface area contributed by atoms with Gasteiger partial charge in [-0.1, -0.05) is 31.4 Å². The second-order valence-corrected chi connectivity index (χ2v) is 7.87. The van der Waals surface area contributed by atoms with Crippen molar-refractivity contribution in [3.63, 3.8) is 0 Å². The van der Waals surface area contributed by atoms with Gasteiger partial charge in [-0.2, -0.15) is 0 Å². The van der Waals surface area contributed by atoms with Crippen LogP contribution in [0.2, 0.25) is 0 Å². The predicted octanol–water partition coefficient (Wildman–Crippen LogP) is 4.69. The van der Waals surface area contributed by atoms with Crippen molar-refractivity contribution in [2.45, 2.75) is 51.1 Å². The third-order valence-corrected chi connectivity index (χ3v) is 6.24. The van der Waals surface area contributed by atoms with Gasteiger partial charge in [-0.3, -0.25) is 4.79 Å².